The van der Waals surface area contributed by atoms with E-state index in [1.54, 1.807) is 6.07 Å². The van der Waals surface area contributed by atoms with E-state index in [4.69, 9.17) is 27.9 Å². The Balaban J connectivity index is 0.988. The standard InChI is InChI=1S/C35H47Cl2N3O2/c1-39(26-29-18-19-32(36)35(41)34(29)37)22-12-5-3-2-4-6-13-23-40-24-20-30(21-25-40)42-27-38-33-17-11-10-16-31(33)28-14-8-7-9-15-28/h7-11,14-19,30,38,41H,2-6,12-13,20-27H2,1H3. The Hall–Kier alpha value is -2.28. The van der Waals surface area contributed by atoms with Gasteiger partial charge in [-0.2, -0.15) is 0 Å². The van der Waals surface area contributed by atoms with Gasteiger partial charge >= 0.3 is 0 Å². The molecular weight excluding hydrogens is 565 g/mol. The Labute approximate surface area is 262 Å². The molecule has 3 aromatic rings. The molecule has 1 heterocycles. The molecule has 0 aliphatic carbocycles. The largest absolute Gasteiger partial charge is 0.505 e. The minimum atomic E-state index is -0.0206. The van der Waals surface area contributed by atoms with E-state index in [0.29, 0.717) is 29.4 Å². The maximum absolute atomic E-state index is 9.92. The number of unbranched alkanes of at least 4 members (excludes halogenated alkanes) is 6. The molecule has 1 fully saturated rings. The molecule has 1 aliphatic heterocycles. The Morgan fingerprint density at radius 1 is 0.857 bits per heavy atom. The van der Waals surface area contributed by atoms with E-state index in [1.165, 1.54) is 62.6 Å². The van der Waals surface area contributed by atoms with E-state index < -0.39 is 0 Å². The zero-order valence-corrected chi connectivity index (χ0v) is 26.6. The number of hydrogen-bond acceptors (Lipinski definition) is 5. The summed E-state index contributed by atoms with van der Waals surface area (Å²) in [7, 11) is 2.10. The summed E-state index contributed by atoms with van der Waals surface area (Å²) in [4.78, 5) is 4.87. The second-order valence-electron chi connectivity index (χ2n) is 11.5. The maximum Gasteiger partial charge on any atom is 0.153 e. The van der Waals surface area contributed by atoms with Crippen LogP contribution in [0.2, 0.25) is 10.0 Å². The third kappa shape index (κ3) is 10.5. The van der Waals surface area contributed by atoms with Gasteiger partial charge in [-0.3, -0.25) is 0 Å². The number of rotatable bonds is 17. The number of piperidine rings is 1. The third-order valence-electron chi connectivity index (χ3n) is 8.23. The zero-order valence-electron chi connectivity index (χ0n) is 25.0. The lowest BCUT2D eigenvalue weighted by atomic mass is 10.0. The van der Waals surface area contributed by atoms with E-state index in [9.17, 15) is 5.11 Å². The number of nitrogens with one attached hydrogen (secondary N) is 1. The number of phenolic OH excluding ortho intramolecular Hbond substituents is 1. The number of nitrogens with zero attached hydrogens (tertiary/aromatic N) is 2. The van der Waals surface area contributed by atoms with Gasteiger partial charge in [0.15, 0.2) is 5.75 Å². The highest BCUT2D eigenvalue weighted by Gasteiger charge is 2.19. The Morgan fingerprint density at radius 2 is 1.52 bits per heavy atom. The summed E-state index contributed by atoms with van der Waals surface area (Å²) in [5, 5.41) is 14.1. The summed E-state index contributed by atoms with van der Waals surface area (Å²) in [5.41, 5.74) is 4.46. The topological polar surface area (TPSA) is 48.0 Å². The van der Waals surface area contributed by atoms with Crippen molar-refractivity contribution >= 4 is 28.9 Å². The van der Waals surface area contributed by atoms with Crippen LogP contribution in [0.15, 0.2) is 66.7 Å². The smallest absolute Gasteiger partial charge is 0.153 e. The number of halogens is 2. The number of anilines is 1. The highest BCUT2D eigenvalue weighted by molar-refractivity contribution is 6.37. The van der Waals surface area contributed by atoms with Gasteiger partial charge in [-0.25, -0.2) is 0 Å². The van der Waals surface area contributed by atoms with Gasteiger partial charge in [0.05, 0.1) is 16.1 Å². The van der Waals surface area contributed by atoms with Crippen LogP contribution in [0.4, 0.5) is 5.69 Å². The molecule has 3 aromatic carbocycles. The van der Waals surface area contributed by atoms with Crippen molar-refractivity contribution in [3.8, 4) is 16.9 Å². The van der Waals surface area contributed by atoms with Crippen LogP contribution in [0.5, 0.6) is 5.75 Å². The average molecular weight is 613 g/mol. The molecule has 0 amide bonds. The third-order valence-corrected chi connectivity index (χ3v) is 8.96. The zero-order chi connectivity index (χ0) is 29.6. The van der Waals surface area contributed by atoms with Gasteiger partial charge in [0, 0.05) is 30.9 Å². The minimum Gasteiger partial charge on any atom is -0.505 e. The molecule has 228 valence electrons. The average Bonchev–Trinajstić information content (AvgIpc) is 3.02. The monoisotopic (exact) mass is 611 g/mol. The van der Waals surface area contributed by atoms with Gasteiger partial charge in [-0.05, 0) is 69.1 Å². The van der Waals surface area contributed by atoms with Crippen molar-refractivity contribution in [1.82, 2.24) is 9.80 Å². The van der Waals surface area contributed by atoms with Crippen molar-refractivity contribution in [3.05, 3.63) is 82.3 Å². The molecule has 0 unspecified atom stereocenters. The second kappa shape index (κ2) is 17.7. The summed E-state index contributed by atoms with van der Waals surface area (Å²) >= 11 is 12.2. The molecular formula is C35H47Cl2N3O2. The molecule has 1 aliphatic rings. The lowest BCUT2D eigenvalue weighted by molar-refractivity contribution is 0.0165. The molecule has 0 atom stereocenters. The van der Waals surface area contributed by atoms with E-state index >= 15 is 0 Å². The number of ether oxygens (including phenoxy) is 1. The number of benzene rings is 3. The predicted molar refractivity (Wildman–Crippen MR) is 178 cm³/mol. The Morgan fingerprint density at radius 3 is 2.29 bits per heavy atom. The number of aromatic hydroxyl groups is 1. The van der Waals surface area contributed by atoms with Gasteiger partial charge in [0.1, 0.15) is 6.73 Å². The van der Waals surface area contributed by atoms with Crippen LogP contribution in [0.1, 0.15) is 63.4 Å². The van der Waals surface area contributed by atoms with Crippen LogP contribution in [-0.4, -0.2) is 61.0 Å². The first-order valence-electron chi connectivity index (χ1n) is 15.6. The summed E-state index contributed by atoms with van der Waals surface area (Å²) in [6.45, 7) is 5.78. The van der Waals surface area contributed by atoms with Crippen LogP contribution in [0.25, 0.3) is 11.1 Å². The number of hydrogen-bond donors (Lipinski definition) is 2. The molecule has 0 radical (unpaired) electrons. The highest BCUT2D eigenvalue weighted by Crippen LogP contribution is 2.34. The van der Waals surface area contributed by atoms with Crippen LogP contribution in [-0.2, 0) is 11.3 Å². The maximum atomic E-state index is 9.92. The van der Waals surface area contributed by atoms with Crippen molar-refractivity contribution in [2.24, 2.45) is 0 Å². The first kappa shape index (κ1) is 32.6. The lowest BCUT2D eigenvalue weighted by Crippen LogP contribution is -2.38. The van der Waals surface area contributed by atoms with Gasteiger partial charge < -0.3 is 25.0 Å². The predicted octanol–water partition coefficient (Wildman–Crippen LogP) is 9.08. The van der Waals surface area contributed by atoms with E-state index in [1.807, 2.05) is 6.07 Å². The molecule has 5 nitrogen and oxygen atoms in total. The van der Waals surface area contributed by atoms with Gasteiger partial charge in [0.2, 0.25) is 0 Å². The fourth-order valence-electron chi connectivity index (χ4n) is 5.72. The number of para-hydroxylation sites is 1. The van der Waals surface area contributed by atoms with Crippen molar-refractivity contribution in [3.63, 3.8) is 0 Å². The van der Waals surface area contributed by atoms with E-state index in [0.717, 1.165) is 43.7 Å². The first-order valence-corrected chi connectivity index (χ1v) is 16.3. The molecule has 1 saturated heterocycles. The Kier molecular flexibility index (Phi) is 13.8. The lowest BCUT2D eigenvalue weighted by Gasteiger charge is -2.32. The quantitative estimate of drug-likeness (QED) is 0.118. The Bertz CT molecular complexity index is 1200. The van der Waals surface area contributed by atoms with Crippen molar-refractivity contribution in [2.45, 2.75) is 70.4 Å². The highest BCUT2D eigenvalue weighted by atomic mass is 35.5. The van der Waals surface area contributed by atoms with Crippen molar-refractivity contribution in [1.29, 1.82) is 0 Å². The summed E-state index contributed by atoms with van der Waals surface area (Å²) in [5.74, 6) is -0.0206. The molecule has 42 heavy (non-hydrogen) atoms. The normalized spacial score (nSPS) is 14.5. The summed E-state index contributed by atoms with van der Waals surface area (Å²) < 4.78 is 6.21. The molecule has 2 N–H and O–H groups in total. The van der Waals surface area contributed by atoms with Gasteiger partial charge in [0.25, 0.3) is 0 Å². The van der Waals surface area contributed by atoms with Gasteiger partial charge in [-0.15, -0.1) is 0 Å². The van der Waals surface area contributed by atoms with Crippen LogP contribution >= 0.6 is 23.2 Å². The number of phenols is 1. The molecule has 0 saturated carbocycles. The molecule has 0 spiro atoms. The van der Waals surface area contributed by atoms with Crippen molar-refractivity contribution in [2.75, 3.05) is 45.3 Å². The van der Waals surface area contributed by atoms with E-state index in [-0.39, 0.29) is 5.75 Å². The fraction of sp³-hybridized carbons (Fsp3) is 0.486. The van der Waals surface area contributed by atoms with Crippen LogP contribution < -0.4 is 5.32 Å². The van der Waals surface area contributed by atoms with Crippen LogP contribution in [0.3, 0.4) is 0 Å². The van der Waals surface area contributed by atoms with E-state index in [2.05, 4.69) is 76.8 Å². The summed E-state index contributed by atoms with van der Waals surface area (Å²) in [6.07, 6.45) is 11.5. The first-order chi connectivity index (χ1) is 20.5. The molecule has 0 aromatic heterocycles. The number of likely N-dealkylation sites (tertiary alicyclic amines) is 1. The molecule has 0 bridgehead atoms. The van der Waals surface area contributed by atoms with Crippen LogP contribution in [0, 0.1) is 0 Å². The molecule has 7 heteroatoms. The second-order valence-corrected chi connectivity index (χ2v) is 12.3. The van der Waals surface area contributed by atoms with Crippen molar-refractivity contribution < 1.29 is 9.84 Å². The fourth-order valence-corrected chi connectivity index (χ4v) is 6.15. The minimum absolute atomic E-state index is 0.0206. The SMILES string of the molecule is CN(CCCCCCCCCN1CCC(OCNc2ccccc2-c2ccccc2)CC1)Cc1ccc(Cl)c(O)c1Cl. The van der Waals surface area contributed by atoms with Gasteiger partial charge in [-0.1, -0.05) is 110 Å². The molecule has 4 rings (SSSR count). The summed E-state index contributed by atoms with van der Waals surface area (Å²) in [6, 6.07) is 22.5.